The molecule has 0 spiro atoms. The van der Waals surface area contributed by atoms with Crippen LogP contribution < -0.4 is 0 Å². The van der Waals surface area contributed by atoms with Crippen LogP contribution in [0.3, 0.4) is 0 Å². The minimum absolute atomic E-state index is 0.715. The Labute approximate surface area is 111 Å². The molecular formula is C8H14N2O7S2. The van der Waals surface area contributed by atoms with Gasteiger partial charge in [-0.15, -0.1) is 0 Å². The largest absolute Gasteiger partial charge is 0.411 e. The monoisotopic (exact) mass is 314 g/mol. The molecule has 0 amide bonds. The normalized spacial score (nSPS) is 10.9. The smallest absolute Gasteiger partial charge is 0.261 e. The van der Waals surface area contributed by atoms with Gasteiger partial charge in [0.2, 0.25) is 0 Å². The van der Waals surface area contributed by atoms with Gasteiger partial charge in [0.1, 0.15) is 0 Å². The zero-order valence-electron chi connectivity index (χ0n) is 10.1. The molecule has 3 N–H and O–H groups in total. The van der Waals surface area contributed by atoms with Crippen molar-refractivity contribution in [2.45, 2.75) is 0 Å². The number of pyridine rings is 1. The number of hydrogen-bond donors (Lipinski definition) is 3. The van der Waals surface area contributed by atoms with Crippen LogP contribution in [0.5, 0.6) is 0 Å². The van der Waals surface area contributed by atoms with E-state index < -0.39 is 20.2 Å². The summed E-state index contributed by atoms with van der Waals surface area (Å²) in [7, 11) is -7.33. The van der Waals surface area contributed by atoms with Crippen molar-refractivity contribution in [3.63, 3.8) is 0 Å². The molecule has 19 heavy (non-hydrogen) atoms. The molecule has 110 valence electrons. The van der Waals surface area contributed by atoms with E-state index in [1.807, 2.05) is 0 Å². The van der Waals surface area contributed by atoms with E-state index in [9.17, 15) is 16.8 Å². The first-order valence-electron chi connectivity index (χ1n) is 4.36. The molecule has 11 heteroatoms. The van der Waals surface area contributed by atoms with Crippen LogP contribution in [0.15, 0.2) is 29.7 Å². The minimum atomic E-state index is -3.67. The molecule has 0 atom stereocenters. The van der Waals surface area contributed by atoms with Gasteiger partial charge in [0.15, 0.2) is 0 Å². The van der Waals surface area contributed by atoms with Crippen molar-refractivity contribution in [3.05, 3.63) is 30.1 Å². The molecule has 9 nitrogen and oxygen atoms in total. The second kappa shape index (κ2) is 9.38. The first-order valence-corrected chi connectivity index (χ1v) is 8.05. The van der Waals surface area contributed by atoms with Crippen LogP contribution in [-0.4, -0.2) is 54.9 Å². The molecule has 0 saturated carbocycles. The Morgan fingerprint density at radius 3 is 1.63 bits per heavy atom. The Morgan fingerprint density at radius 1 is 1.05 bits per heavy atom. The highest BCUT2D eigenvalue weighted by Gasteiger charge is 1.82. The van der Waals surface area contributed by atoms with E-state index in [1.54, 1.807) is 24.5 Å². The van der Waals surface area contributed by atoms with Crippen LogP contribution in [-0.2, 0) is 20.2 Å². The van der Waals surface area contributed by atoms with Crippen molar-refractivity contribution >= 4 is 26.5 Å². The third-order valence-electron chi connectivity index (χ3n) is 0.913. The van der Waals surface area contributed by atoms with E-state index in [0.29, 0.717) is 12.5 Å². The van der Waals surface area contributed by atoms with Crippen LogP contribution in [0.1, 0.15) is 5.56 Å². The molecule has 0 saturated heterocycles. The second-order valence-corrected chi connectivity index (χ2v) is 5.92. The predicted molar refractivity (Wildman–Crippen MR) is 68.6 cm³/mol. The Hall–Kier alpha value is -1.56. The minimum Gasteiger partial charge on any atom is -0.411 e. The van der Waals surface area contributed by atoms with E-state index >= 15 is 0 Å². The molecule has 0 radical (unpaired) electrons. The van der Waals surface area contributed by atoms with Crippen molar-refractivity contribution in [1.82, 2.24) is 4.98 Å². The maximum atomic E-state index is 9.19. The third-order valence-corrected chi connectivity index (χ3v) is 0.913. The predicted octanol–water partition coefficient (Wildman–Crippen LogP) is -0.102. The van der Waals surface area contributed by atoms with Gasteiger partial charge < -0.3 is 5.21 Å². The van der Waals surface area contributed by atoms with Crippen molar-refractivity contribution in [3.8, 4) is 0 Å². The second-order valence-electron chi connectivity index (χ2n) is 2.99. The van der Waals surface area contributed by atoms with Gasteiger partial charge in [-0.1, -0.05) is 5.16 Å². The fourth-order valence-corrected chi connectivity index (χ4v) is 0.516. The van der Waals surface area contributed by atoms with E-state index in [4.69, 9.17) is 14.3 Å². The Morgan fingerprint density at radius 2 is 1.37 bits per heavy atom. The number of nitrogens with zero attached hydrogens (tertiary/aromatic N) is 2. The van der Waals surface area contributed by atoms with Crippen LogP contribution in [0.2, 0.25) is 0 Å². The number of hydrogen-bond acceptors (Lipinski definition) is 7. The number of rotatable bonds is 1. The van der Waals surface area contributed by atoms with Gasteiger partial charge in [-0.05, 0) is 17.7 Å². The first kappa shape index (κ1) is 19.8. The zero-order valence-corrected chi connectivity index (χ0v) is 11.7. The van der Waals surface area contributed by atoms with Gasteiger partial charge in [0, 0.05) is 12.4 Å². The van der Waals surface area contributed by atoms with E-state index in [1.165, 1.54) is 6.21 Å². The molecule has 1 aromatic heterocycles. The molecular weight excluding hydrogens is 300 g/mol. The highest BCUT2D eigenvalue weighted by molar-refractivity contribution is 7.85. The lowest BCUT2D eigenvalue weighted by Gasteiger charge is -1.84. The average Bonchev–Trinajstić information content (AvgIpc) is 2.14. The molecule has 1 rings (SSSR count). The van der Waals surface area contributed by atoms with Crippen molar-refractivity contribution in [2.75, 3.05) is 12.5 Å². The maximum Gasteiger partial charge on any atom is 0.261 e. The zero-order chi connectivity index (χ0) is 15.5. The van der Waals surface area contributed by atoms with Gasteiger partial charge in [0.25, 0.3) is 20.2 Å². The summed E-state index contributed by atoms with van der Waals surface area (Å²) in [6, 6.07) is 3.50. The first-order chi connectivity index (χ1) is 8.43. The van der Waals surface area contributed by atoms with Crippen LogP contribution in [0, 0.1) is 0 Å². The maximum absolute atomic E-state index is 9.19. The molecule has 0 aromatic carbocycles. The molecule has 0 unspecified atom stereocenters. The average molecular weight is 314 g/mol. The van der Waals surface area contributed by atoms with E-state index in [0.717, 1.165) is 5.56 Å². The molecule has 0 aliphatic rings. The lowest BCUT2D eigenvalue weighted by atomic mass is 10.3. The van der Waals surface area contributed by atoms with E-state index in [-0.39, 0.29) is 0 Å². The standard InChI is InChI=1S/C6H6N2O.2CH4O3S/c9-8-5-6-1-3-7-4-2-6;2*1-5(2,3)4/h1-5,9H;2*1H3,(H,2,3,4). The van der Waals surface area contributed by atoms with E-state index in [2.05, 4.69) is 10.1 Å². The summed E-state index contributed by atoms with van der Waals surface area (Å²) < 4.78 is 51.7. The van der Waals surface area contributed by atoms with Gasteiger partial charge in [-0.3, -0.25) is 14.1 Å². The van der Waals surface area contributed by atoms with Crippen molar-refractivity contribution < 1.29 is 31.1 Å². The molecule has 1 aromatic rings. The summed E-state index contributed by atoms with van der Waals surface area (Å²) in [6.07, 6.45) is 6.05. The highest BCUT2D eigenvalue weighted by atomic mass is 32.2. The topological polar surface area (TPSA) is 154 Å². The molecule has 0 bridgehead atoms. The lowest BCUT2D eigenvalue weighted by Crippen LogP contribution is -1.88. The van der Waals surface area contributed by atoms with Crippen molar-refractivity contribution in [1.29, 1.82) is 0 Å². The molecule has 0 aliphatic carbocycles. The highest BCUT2D eigenvalue weighted by Crippen LogP contribution is 1.89. The molecule has 1 heterocycles. The number of oxime groups is 1. The SMILES string of the molecule is CS(=O)(=O)O.CS(=O)(=O)O.ON=Cc1ccncc1. The van der Waals surface area contributed by atoms with Gasteiger partial charge in [-0.25, -0.2) is 0 Å². The van der Waals surface area contributed by atoms with Crippen LogP contribution in [0.25, 0.3) is 0 Å². The fourth-order valence-electron chi connectivity index (χ4n) is 0.516. The van der Waals surface area contributed by atoms with Crippen LogP contribution in [0.4, 0.5) is 0 Å². The Kier molecular flexibility index (Phi) is 9.76. The van der Waals surface area contributed by atoms with Gasteiger partial charge >= 0.3 is 0 Å². The summed E-state index contributed by atoms with van der Waals surface area (Å²) in [5, 5.41) is 10.9. The van der Waals surface area contributed by atoms with Gasteiger partial charge in [0.05, 0.1) is 18.7 Å². The summed E-state index contributed by atoms with van der Waals surface area (Å²) >= 11 is 0. The summed E-state index contributed by atoms with van der Waals surface area (Å²) in [6.45, 7) is 0. The van der Waals surface area contributed by atoms with Gasteiger partial charge in [-0.2, -0.15) is 16.8 Å². The third kappa shape index (κ3) is 38.5. The molecule has 0 fully saturated rings. The lowest BCUT2D eigenvalue weighted by molar-refractivity contribution is 0.322. The number of aromatic nitrogens is 1. The fraction of sp³-hybridized carbons (Fsp3) is 0.250. The summed E-state index contributed by atoms with van der Waals surface area (Å²) in [4.78, 5) is 3.78. The van der Waals surface area contributed by atoms with Crippen LogP contribution >= 0.6 is 0 Å². The summed E-state index contributed by atoms with van der Waals surface area (Å²) in [5.74, 6) is 0. The quantitative estimate of drug-likeness (QED) is 0.281. The molecule has 0 aliphatic heterocycles. The Balaban J connectivity index is 0. The Bertz CT molecular complexity index is 520. The summed E-state index contributed by atoms with van der Waals surface area (Å²) in [5.41, 5.74) is 0.840. The van der Waals surface area contributed by atoms with Crippen molar-refractivity contribution in [2.24, 2.45) is 5.16 Å².